The summed E-state index contributed by atoms with van der Waals surface area (Å²) in [4.78, 5) is 3.54. The maximum Gasteiger partial charge on any atom is 0.418 e. The minimum absolute atomic E-state index is 0.176. The van der Waals surface area contributed by atoms with Gasteiger partial charge in [0.25, 0.3) is 0 Å². The maximum absolute atomic E-state index is 12.6. The Morgan fingerprint density at radius 1 is 1.40 bits per heavy atom. The zero-order chi connectivity index (χ0) is 11.2. The van der Waals surface area contributed by atoms with Gasteiger partial charge in [-0.05, 0) is 13.0 Å². The van der Waals surface area contributed by atoms with Crippen LogP contribution in [0.4, 0.5) is 19.0 Å². The molecule has 0 unspecified atom stereocenters. The molecule has 2 heterocycles. The average Bonchev–Trinajstić information content (AvgIpc) is 2.45. The molecule has 0 atom stereocenters. The van der Waals surface area contributed by atoms with E-state index in [0.717, 1.165) is 16.9 Å². The van der Waals surface area contributed by atoms with Crippen molar-refractivity contribution in [1.29, 1.82) is 0 Å². The Kier molecular flexibility index (Phi) is 1.85. The van der Waals surface area contributed by atoms with E-state index in [1.165, 1.54) is 6.92 Å². The van der Waals surface area contributed by atoms with Crippen LogP contribution in [0.5, 0.6) is 0 Å². The number of nitrogens with zero attached hydrogens (tertiary/aromatic N) is 3. The number of aryl methyl sites for hydroxylation is 1. The second kappa shape index (κ2) is 2.85. The molecule has 15 heavy (non-hydrogen) atoms. The van der Waals surface area contributed by atoms with E-state index in [1.807, 2.05) is 0 Å². The molecule has 0 spiro atoms. The van der Waals surface area contributed by atoms with Gasteiger partial charge in [0.1, 0.15) is 11.8 Å². The van der Waals surface area contributed by atoms with E-state index in [4.69, 9.17) is 5.73 Å². The molecule has 0 saturated heterocycles. The Bertz CT molecular complexity index is 514. The van der Waals surface area contributed by atoms with Crippen LogP contribution in [0.3, 0.4) is 0 Å². The molecule has 7 heteroatoms. The molecule has 2 rings (SSSR count). The lowest BCUT2D eigenvalue weighted by Gasteiger charge is -2.05. The average molecular weight is 216 g/mol. The number of aromatic nitrogens is 3. The van der Waals surface area contributed by atoms with E-state index in [2.05, 4.69) is 10.1 Å². The molecule has 4 nitrogen and oxygen atoms in total. The van der Waals surface area contributed by atoms with Gasteiger partial charge in [-0.3, -0.25) is 0 Å². The van der Waals surface area contributed by atoms with Crippen molar-refractivity contribution >= 4 is 11.3 Å². The summed E-state index contributed by atoms with van der Waals surface area (Å²) in [6, 6.07) is 1.00. The highest BCUT2D eigenvalue weighted by atomic mass is 19.4. The first-order valence-electron chi connectivity index (χ1n) is 4.07. The Morgan fingerprint density at radius 2 is 2.07 bits per heavy atom. The quantitative estimate of drug-likeness (QED) is 0.728. The van der Waals surface area contributed by atoms with Crippen molar-refractivity contribution < 1.29 is 13.2 Å². The summed E-state index contributed by atoms with van der Waals surface area (Å²) >= 11 is 0. The van der Waals surface area contributed by atoms with E-state index >= 15 is 0 Å². The number of rotatable bonds is 0. The SMILES string of the molecule is Cc1cc(C(F)(F)F)c2c(N)ncnn12. The number of alkyl halides is 3. The fraction of sp³-hybridized carbons (Fsp3) is 0.250. The molecule has 0 radical (unpaired) electrons. The van der Waals surface area contributed by atoms with E-state index in [0.29, 0.717) is 5.69 Å². The van der Waals surface area contributed by atoms with E-state index in [9.17, 15) is 13.2 Å². The summed E-state index contributed by atoms with van der Waals surface area (Å²) in [6.07, 6.45) is -3.33. The lowest BCUT2D eigenvalue weighted by molar-refractivity contribution is -0.136. The Hall–Kier alpha value is -1.79. The summed E-state index contributed by atoms with van der Waals surface area (Å²) in [6.45, 7) is 1.52. The predicted octanol–water partition coefficient (Wildman–Crippen LogP) is 1.64. The lowest BCUT2D eigenvalue weighted by Crippen LogP contribution is -2.07. The molecule has 0 fully saturated rings. The van der Waals surface area contributed by atoms with Gasteiger partial charge < -0.3 is 5.73 Å². The van der Waals surface area contributed by atoms with Crippen LogP contribution >= 0.6 is 0 Å². The molecule has 2 aromatic rings. The summed E-state index contributed by atoms with van der Waals surface area (Å²) in [5, 5.41) is 3.70. The van der Waals surface area contributed by atoms with Crippen molar-refractivity contribution in [3.05, 3.63) is 23.7 Å². The molecule has 0 aliphatic rings. The zero-order valence-electron chi connectivity index (χ0n) is 7.71. The van der Waals surface area contributed by atoms with Crippen LogP contribution in [0.2, 0.25) is 0 Å². The molecule has 0 aliphatic heterocycles. The molecule has 0 aliphatic carbocycles. The minimum atomic E-state index is -4.45. The highest BCUT2D eigenvalue weighted by molar-refractivity contribution is 5.71. The van der Waals surface area contributed by atoms with Crippen molar-refractivity contribution in [2.45, 2.75) is 13.1 Å². The van der Waals surface area contributed by atoms with Crippen molar-refractivity contribution in [2.24, 2.45) is 0 Å². The van der Waals surface area contributed by atoms with Gasteiger partial charge in [-0.1, -0.05) is 0 Å². The highest BCUT2D eigenvalue weighted by Crippen LogP contribution is 2.35. The van der Waals surface area contributed by atoms with Crippen molar-refractivity contribution in [2.75, 3.05) is 5.73 Å². The van der Waals surface area contributed by atoms with Crippen molar-refractivity contribution in [3.8, 4) is 0 Å². The maximum atomic E-state index is 12.6. The monoisotopic (exact) mass is 216 g/mol. The second-order valence-corrected chi connectivity index (χ2v) is 3.10. The standard InChI is InChI=1S/C8H7F3N4/c1-4-2-5(8(9,10)11)6-7(12)13-3-14-15(4)6/h2-3H,1H3,(H2,12,13,14). The molecule has 0 saturated carbocycles. The Morgan fingerprint density at radius 3 is 2.67 bits per heavy atom. The first-order valence-corrected chi connectivity index (χ1v) is 4.07. The summed E-state index contributed by atoms with van der Waals surface area (Å²) < 4.78 is 38.9. The first kappa shape index (κ1) is 9.75. The van der Waals surface area contributed by atoms with Crippen molar-refractivity contribution in [1.82, 2.24) is 14.6 Å². The third kappa shape index (κ3) is 1.39. The lowest BCUT2D eigenvalue weighted by atomic mass is 10.2. The molecule has 2 aromatic heterocycles. The molecule has 2 N–H and O–H groups in total. The first-order chi connectivity index (χ1) is 6.91. The fourth-order valence-electron chi connectivity index (χ4n) is 1.44. The highest BCUT2D eigenvalue weighted by Gasteiger charge is 2.35. The van der Waals surface area contributed by atoms with Gasteiger partial charge >= 0.3 is 6.18 Å². The number of hydrogen-bond acceptors (Lipinski definition) is 3. The van der Waals surface area contributed by atoms with E-state index in [-0.39, 0.29) is 11.3 Å². The molecular formula is C8H7F3N4. The van der Waals surface area contributed by atoms with Crippen LogP contribution in [-0.4, -0.2) is 14.6 Å². The molecular weight excluding hydrogens is 209 g/mol. The third-order valence-electron chi connectivity index (χ3n) is 2.07. The largest absolute Gasteiger partial charge is 0.418 e. The van der Waals surface area contributed by atoms with Crippen LogP contribution in [0.25, 0.3) is 5.52 Å². The van der Waals surface area contributed by atoms with Gasteiger partial charge in [-0.15, -0.1) is 0 Å². The van der Waals surface area contributed by atoms with E-state index in [1.54, 1.807) is 0 Å². The van der Waals surface area contributed by atoms with Crippen LogP contribution in [0, 0.1) is 6.92 Å². The van der Waals surface area contributed by atoms with Gasteiger partial charge in [-0.25, -0.2) is 9.50 Å². The minimum Gasteiger partial charge on any atom is -0.382 e. The number of nitrogen functional groups attached to an aromatic ring is 1. The Balaban J connectivity index is 2.88. The van der Waals surface area contributed by atoms with Gasteiger partial charge in [-0.2, -0.15) is 18.3 Å². The number of hydrogen-bond donors (Lipinski definition) is 1. The van der Waals surface area contributed by atoms with Crippen molar-refractivity contribution in [3.63, 3.8) is 0 Å². The van der Waals surface area contributed by atoms with Crippen LogP contribution < -0.4 is 5.73 Å². The number of nitrogens with two attached hydrogens (primary N) is 1. The summed E-state index contributed by atoms with van der Waals surface area (Å²) in [5.41, 5.74) is 4.76. The van der Waals surface area contributed by atoms with Gasteiger partial charge in [0.2, 0.25) is 0 Å². The second-order valence-electron chi connectivity index (χ2n) is 3.10. The van der Waals surface area contributed by atoms with Gasteiger partial charge in [0.05, 0.1) is 5.56 Å². The van der Waals surface area contributed by atoms with E-state index < -0.39 is 11.7 Å². The normalized spacial score (nSPS) is 12.3. The number of halogens is 3. The summed E-state index contributed by atoms with van der Waals surface area (Å²) in [7, 11) is 0. The Labute approximate surface area is 82.5 Å². The molecule has 0 amide bonds. The topological polar surface area (TPSA) is 56.2 Å². The number of fused-ring (bicyclic) bond motifs is 1. The smallest absolute Gasteiger partial charge is 0.382 e. The third-order valence-corrected chi connectivity index (χ3v) is 2.07. The van der Waals surface area contributed by atoms with Crippen LogP contribution in [0.1, 0.15) is 11.3 Å². The number of anilines is 1. The van der Waals surface area contributed by atoms with Crippen LogP contribution in [-0.2, 0) is 6.18 Å². The van der Waals surface area contributed by atoms with Crippen LogP contribution in [0.15, 0.2) is 12.4 Å². The predicted molar refractivity (Wildman–Crippen MR) is 47.1 cm³/mol. The van der Waals surface area contributed by atoms with Gasteiger partial charge in [0, 0.05) is 5.69 Å². The zero-order valence-corrected chi connectivity index (χ0v) is 7.71. The summed E-state index contributed by atoms with van der Waals surface area (Å²) in [5.74, 6) is -0.176. The fourth-order valence-corrected chi connectivity index (χ4v) is 1.44. The molecule has 0 aromatic carbocycles. The molecule has 80 valence electrons. The molecule has 0 bridgehead atoms. The van der Waals surface area contributed by atoms with Gasteiger partial charge in [0.15, 0.2) is 5.82 Å².